The molecule has 0 aliphatic rings. The molecule has 0 spiro atoms. The van der Waals surface area contributed by atoms with Crippen LogP contribution in [0.3, 0.4) is 0 Å². The van der Waals surface area contributed by atoms with Crippen LogP contribution in [0.1, 0.15) is 35.6 Å². The molecule has 0 radical (unpaired) electrons. The Morgan fingerprint density at radius 3 is 2.45 bits per heavy atom. The molecule has 0 aliphatic heterocycles. The van der Waals surface area contributed by atoms with Gasteiger partial charge in [0.1, 0.15) is 5.69 Å². The fourth-order valence-electron chi connectivity index (χ4n) is 2.23. The van der Waals surface area contributed by atoms with Gasteiger partial charge in [-0.1, -0.05) is 30.3 Å². The van der Waals surface area contributed by atoms with Gasteiger partial charge in [-0.3, -0.25) is 9.48 Å². The van der Waals surface area contributed by atoms with Crippen molar-refractivity contribution in [1.82, 2.24) is 14.7 Å². The van der Waals surface area contributed by atoms with E-state index in [9.17, 15) is 4.79 Å². The first-order chi connectivity index (χ1) is 9.49. The Kier molecular flexibility index (Phi) is 4.23. The van der Waals surface area contributed by atoms with Gasteiger partial charge in [0.2, 0.25) is 0 Å². The highest BCUT2D eigenvalue weighted by molar-refractivity contribution is 5.92. The molecule has 0 saturated heterocycles. The van der Waals surface area contributed by atoms with Crippen molar-refractivity contribution in [3.63, 3.8) is 0 Å². The molecular weight excluding hydrogens is 250 g/mol. The van der Waals surface area contributed by atoms with Crippen molar-refractivity contribution in [2.45, 2.75) is 33.4 Å². The highest BCUT2D eigenvalue weighted by Crippen LogP contribution is 2.13. The molecule has 0 bridgehead atoms. The summed E-state index contributed by atoms with van der Waals surface area (Å²) in [5, 5.41) is 4.25. The second-order valence-corrected chi connectivity index (χ2v) is 5.31. The van der Waals surface area contributed by atoms with Crippen molar-refractivity contribution in [2.75, 3.05) is 0 Å². The van der Waals surface area contributed by atoms with E-state index in [1.54, 1.807) is 11.7 Å². The van der Waals surface area contributed by atoms with Gasteiger partial charge >= 0.3 is 0 Å². The number of carbonyl (C=O) groups excluding carboxylic acids is 1. The Balaban J connectivity index is 2.25. The van der Waals surface area contributed by atoms with Gasteiger partial charge in [-0.05, 0) is 32.4 Å². The minimum absolute atomic E-state index is 0.0203. The van der Waals surface area contributed by atoms with E-state index in [1.165, 1.54) is 0 Å². The van der Waals surface area contributed by atoms with E-state index in [4.69, 9.17) is 0 Å². The molecule has 1 aromatic heterocycles. The van der Waals surface area contributed by atoms with Gasteiger partial charge in [0.25, 0.3) is 5.91 Å². The van der Waals surface area contributed by atoms with Crippen LogP contribution >= 0.6 is 0 Å². The third-order valence-corrected chi connectivity index (χ3v) is 3.30. The molecule has 2 rings (SSSR count). The molecule has 1 aromatic carbocycles. The largest absolute Gasteiger partial charge is 0.331 e. The number of hydrogen-bond donors (Lipinski definition) is 0. The lowest BCUT2D eigenvalue weighted by Crippen LogP contribution is -2.37. The van der Waals surface area contributed by atoms with Crippen molar-refractivity contribution >= 4 is 5.91 Å². The molecule has 1 heterocycles. The molecule has 2 aromatic rings. The van der Waals surface area contributed by atoms with E-state index in [0.29, 0.717) is 12.2 Å². The van der Waals surface area contributed by atoms with Crippen LogP contribution in [-0.4, -0.2) is 26.6 Å². The zero-order chi connectivity index (χ0) is 14.7. The first-order valence-corrected chi connectivity index (χ1v) is 6.84. The van der Waals surface area contributed by atoms with E-state index in [2.05, 4.69) is 5.10 Å². The molecule has 4 heteroatoms. The van der Waals surface area contributed by atoms with Gasteiger partial charge < -0.3 is 4.90 Å². The van der Waals surface area contributed by atoms with E-state index in [-0.39, 0.29) is 11.9 Å². The summed E-state index contributed by atoms with van der Waals surface area (Å²) in [6.45, 7) is 6.57. The van der Waals surface area contributed by atoms with Crippen LogP contribution < -0.4 is 0 Å². The Morgan fingerprint density at radius 2 is 1.95 bits per heavy atom. The van der Waals surface area contributed by atoms with Gasteiger partial charge in [-0.15, -0.1) is 0 Å². The molecular formula is C16H21N3O. The van der Waals surface area contributed by atoms with E-state index in [1.807, 2.05) is 62.1 Å². The predicted molar refractivity (Wildman–Crippen MR) is 79.4 cm³/mol. The number of rotatable bonds is 4. The first kappa shape index (κ1) is 14.3. The summed E-state index contributed by atoms with van der Waals surface area (Å²) >= 11 is 0. The van der Waals surface area contributed by atoms with Gasteiger partial charge in [0, 0.05) is 19.6 Å². The van der Waals surface area contributed by atoms with E-state index >= 15 is 0 Å². The monoisotopic (exact) mass is 271 g/mol. The third-order valence-electron chi connectivity index (χ3n) is 3.30. The van der Waals surface area contributed by atoms with Crippen molar-refractivity contribution < 1.29 is 4.79 Å². The molecule has 106 valence electrons. The minimum atomic E-state index is 0.0203. The summed E-state index contributed by atoms with van der Waals surface area (Å²) in [6, 6.07) is 12.0. The van der Waals surface area contributed by atoms with Gasteiger partial charge in [0.05, 0.1) is 5.69 Å². The first-order valence-electron chi connectivity index (χ1n) is 6.84. The van der Waals surface area contributed by atoms with Crippen molar-refractivity contribution in [1.29, 1.82) is 0 Å². The molecule has 0 aliphatic carbocycles. The number of benzene rings is 1. The normalized spacial score (nSPS) is 10.8. The maximum absolute atomic E-state index is 12.7. The average molecular weight is 271 g/mol. The molecule has 1 amide bonds. The lowest BCUT2D eigenvalue weighted by Gasteiger charge is -2.26. The van der Waals surface area contributed by atoms with Crippen LogP contribution in [0, 0.1) is 6.92 Å². The van der Waals surface area contributed by atoms with Crippen molar-refractivity contribution in [2.24, 2.45) is 7.05 Å². The lowest BCUT2D eigenvalue weighted by molar-refractivity contribution is 0.0679. The summed E-state index contributed by atoms with van der Waals surface area (Å²) < 4.78 is 1.65. The number of aromatic nitrogens is 2. The molecule has 0 atom stereocenters. The van der Waals surface area contributed by atoms with Crippen LogP contribution in [0.25, 0.3) is 0 Å². The summed E-state index contributed by atoms with van der Waals surface area (Å²) in [6.07, 6.45) is 0. The Morgan fingerprint density at radius 1 is 1.30 bits per heavy atom. The van der Waals surface area contributed by atoms with Gasteiger partial charge in [-0.2, -0.15) is 5.10 Å². The minimum Gasteiger partial charge on any atom is -0.331 e. The average Bonchev–Trinajstić information content (AvgIpc) is 2.75. The van der Waals surface area contributed by atoms with Crippen LogP contribution in [0.4, 0.5) is 0 Å². The fourth-order valence-corrected chi connectivity index (χ4v) is 2.23. The zero-order valence-electron chi connectivity index (χ0n) is 12.5. The Hall–Kier alpha value is -2.10. The third kappa shape index (κ3) is 3.07. The standard InChI is InChI=1S/C16H21N3O/c1-12(2)19(11-14-8-6-5-7-9-14)16(20)15-10-13(3)17-18(15)4/h5-10,12H,11H2,1-4H3. The quantitative estimate of drug-likeness (QED) is 0.857. The Bertz CT molecular complexity index is 587. The zero-order valence-corrected chi connectivity index (χ0v) is 12.5. The summed E-state index contributed by atoms with van der Waals surface area (Å²) in [5.74, 6) is 0.0203. The highest BCUT2D eigenvalue weighted by atomic mass is 16.2. The molecule has 20 heavy (non-hydrogen) atoms. The second kappa shape index (κ2) is 5.90. The topological polar surface area (TPSA) is 38.1 Å². The van der Waals surface area contributed by atoms with Crippen LogP contribution in [0.5, 0.6) is 0 Å². The van der Waals surface area contributed by atoms with Crippen LogP contribution in [0.2, 0.25) is 0 Å². The van der Waals surface area contributed by atoms with E-state index < -0.39 is 0 Å². The van der Waals surface area contributed by atoms with Gasteiger partial charge in [0.15, 0.2) is 0 Å². The molecule has 0 saturated carbocycles. The van der Waals surface area contributed by atoms with Crippen LogP contribution in [0.15, 0.2) is 36.4 Å². The molecule has 0 N–H and O–H groups in total. The lowest BCUT2D eigenvalue weighted by atomic mass is 10.1. The number of nitrogens with zero attached hydrogens (tertiary/aromatic N) is 3. The van der Waals surface area contributed by atoms with Gasteiger partial charge in [-0.25, -0.2) is 0 Å². The Labute approximate surface area is 120 Å². The predicted octanol–water partition coefficient (Wildman–Crippen LogP) is 2.78. The maximum Gasteiger partial charge on any atom is 0.272 e. The molecule has 0 unspecified atom stereocenters. The number of carbonyl (C=O) groups is 1. The van der Waals surface area contributed by atoms with Crippen molar-refractivity contribution in [3.05, 3.63) is 53.3 Å². The smallest absolute Gasteiger partial charge is 0.272 e. The van der Waals surface area contributed by atoms with Crippen LogP contribution in [-0.2, 0) is 13.6 Å². The molecule has 4 nitrogen and oxygen atoms in total. The van der Waals surface area contributed by atoms with E-state index in [0.717, 1.165) is 11.3 Å². The summed E-state index contributed by atoms with van der Waals surface area (Å²) in [7, 11) is 1.81. The number of amides is 1. The highest BCUT2D eigenvalue weighted by Gasteiger charge is 2.22. The summed E-state index contributed by atoms with van der Waals surface area (Å²) in [5.41, 5.74) is 2.62. The molecule has 0 fully saturated rings. The maximum atomic E-state index is 12.7. The fraction of sp³-hybridized carbons (Fsp3) is 0.375. The SMILES string of the molecule is Cc1cc(C(=O)N(Cc2ccccc2)C(C)C)n(C)n1. The number of hydrogen-bond acceptors (Lipinski definition) is 2. The summed E-state index contributed by atoms with van der Waals surface area (Å²) in [4.78, 5) is 14.6. The number of aryl methyl sites for hydroxylation is 2. The van der Waals surface area contributed by atoms with Crippen molar-refractivity contribution in [3.8, 4) is 0 Å². The second-order valence-electron chi connectivity index (χ2n) is 5.31.